The third kappa shape index (κ3) is 3.70. The molecule has 1 saturated heterocycles. The van der Waals surface area contributed by atoms with Crippen LogP contribution in [0.15, 0.2) is 23.1 Å². The zero-order valence-electron chi connectivity index (χ0n) is 14.7. The smallest absolute Gasteiger partial charge is 0.246 e. The maximum atomic E-state index is 13.0. The molecular weight excluding hydrogens is 358 g/mol. The summed E-state index contributed by atoms with van der Waals surface area (Å²) in [4.78, 5) is 0.248. The van der Waals surface area contributed by atoms with E-state index in [4.69, 9.17) is 4.74 Å². The quantitative estimate of drug-likeness (QED) is 0.796. The average molecular weight is 382 g/mol. The second-order valence-corrected chi connectivity index (χ2v) is 9.22. The molecule has 0 spiro atoms. The number of hydrogen-bond donors (Lipinski definition) is 0. The van der Waals surface area contributed by atoms with E-state index in [1.165, 1.54) is 7.11 Å². The Labute approximate surface area is 152 Å². The van der Waals surface area contributed by atoms with Gasteiger partial charge in [-0.1, -0.05) is 13.0 Å². The molecule has 0 amide bonds. The van der Waals surface area contributed by atoms with Crippen LogP contribution in [0.3, 0.4) is 0 Å². The van der Waals surface area contributed by atoms with Crippen molar-refractivity contribution >= 4 is 21.4 Å². The molecule has 0 unspecified atom stereocenters. The highest BCUT2D eigenvalue weighted by Crippen LogP contribution is 2.34. The summed E-state index contributed by atoms with van der Waals surface area (Å²) in [5.41, 5.74) is 0.898. The van der Waals surface area contributed by atoms with Crippen LogP contribution in [0.5, 0.6) is 5.75 Å². The lowest BCUT2D eigenvalue weighted by Gasteiger charge is -2.30. The van der Waals surface area contributed by atoms with E-state index < -0.39 is 10.0 Å². The van der Waals surface area contributed by atoms with Crippen LogP contribution in [-0.2, 0) is 16.4 Å². The van der Waals surface area contributed by atoms with Crippen LogP contribution >= 0.6 is 11.3 Å². The molecular formula is C17H23N3O3S2. The number of ether oxygens (including phenoxy) is 1. The van der Waals surface area contributed by atoms with Gasteiger partial charge in [-0.25, -0.2) is 8.42 Å². The lowest BCUT2D eigenvalue weighted by molar-refractivity contribution is 0.316. The lowest BCUT2D eigenvalue weighted by Crippen LogP contribution is -2.38. The summed E-state index contributed by atoms with van der Waals surface area (Å²) in [5, 5.41) is 10.5. The van der Waals surface area contributed by atoms with Gasteiger partial charge in [0.2, 0.25) is 10.0 Å². The first kappa shape index (κ1) is 18.3. The number of sulfonamides is 1. The molecule has 6 nitrogen and oxygen atoms in total. The zero-order chi connectivity index (χ0) is 18.0. The van der Waals surface area contributed by atoms with Gasteiger partial charge in [-0.3, -0.25) is 0 Å². The van der Waals surface area contributed by atoms with E-state index in [0.717, 1.165) is 34.8 Å². The molecule has 0 radical (unpaired) electrons. The predicted molar refractivity (Wildman–Crippen MR) is 97.8 cm³/mol. The largest absolute Gasteiger partial charge is 0.495 e. The maximum Gasteiger partial charge on any atom is 0.246 e. The van der Waals surface area contributed by atoms with Crippen molar-refractivity contribution in [3.8, 4) is 5.75 Å². The van der Waals surface area contributed by atoms with E-state index >= 15 is 0 Å². The van der Waals surface area contributed by atoms with E-state index in [1.807, 2.05) is 13.0 Å². The first-order valence-corrected chi connectivity index (χ1v) is 10.7. The molecule has 1 aromatic heterocycles. The van der Waals surface area contributed by atoms with E-state index in [2.05, 4.69) is 17.1 Å². The molecule has 25 heavy (non-hydrogen) atoms. The Kier molecular flexibility index (Phi) is 5.41. The number of nitrogens with zero attached hydrogens (tertiary/aromatic N) is 3. The Hall–Kier alpha value is -1.51. The fourth-order valence-electron chi connectivity index (χ4n) is 3.04. The van der Waals surface area contributed by atoms with E-state index in [0.29, 0.717) is 24.8 Å². The van der Waals surface area contributed by atoms with Crippen LogP contribution in [0, 0.1) is 6.92 Å². The van der Waals surface area contributed by atoms with Gasteiger partial charge in [-0.15, -0.1) is 21.5 Å². The topological polar surface area (TPSA) is 72.4 Å². The molecule has 2 heterocycles. The Balaban J connectivity index is 1.76. The maximum absolute atomic E-state index is 13.0. The Morgan fingerprint density at radius 3 is 2.60 bits per heavy atom. The van der Waals surface area contributed by atoms with Gasteiger partial charge in [0.1, 0.15) is 20.7 Å². The Bertz CT molecular complexity index is 841. The first-order chi connectivity index (χ1) is 12.0. The van der Waals surface area contributed by atoms with Crippen molar-refractivity contribution in [2.75, 3.05) is 20.2 Å². The number of aromatic nitrogens is 2. The highest BCUT2D eigenvalue weighted by molar-refractivity contribution is 7.89. The van der Waals surface area contributed by atoms with Crippen molar-refractivity contribution in [3.05, 3.63) is 33.8 Å². The van der Waals surface area contributed by atoms with Gasteiger partial charge in [-0.05, 0) is 43.9 Å². The fraction of sp³-hybridized carbons (Fsp3) is 0.529. The van der Waals surface area contributed by atoms with Crippen LogP contribution in [0.25, 0.3) is 0 Å². The SMILES string of the molecule is CCc1nnc(C2CCN(S(=O)(=O)c3cc(C)ccc3OC)CC2)s1. The number of benzene rings is 1. The van der Waals surface area contributed by atoms with Gasteiger partial charge in [0.15, 0.2) is 0 Å². The van der Waals surface area contributed by atoms with Crippen molar-refractivity contribution in [2.45, 2.75) is 43.9 Å². The predicted octanol–water partition coefficient (Wildman–Crippen LogP) is 2.99. The number of hydrogen-bond acceptors (Lipinski definition) is 6. The van der Waals surface area contributed by atoms with Crippen LogP contribution in [0.1, 0.15) is 41.3 Å². The number of piperidine rings is 1. The van der Waals surface area contributed by atoms with Crippen molar-refractivity contribution in [1.29, 1.82) is 0 Å². The summed E-state index contributed by atoms with van der Waals surface area (Å²) in [5.74, 6) is 0.688. The summed E-state index contributed by atoms with van der Waals surface area (Å²) < 4.78 is 32.9. The average Bonchev–Trinajstić information content (AvgIpc) is 3.11. The highest BCUT2D eigenvalue weighted by atomic mass is 32.2. The molecule has 1 aromatic carbocycles. The van der Waals surface area contributed by atoms with Crippen molar-refractivity contribution in [2.24, 2.45) is 0 Å². The molecule has 0 aliphatic carbocycles. The van der Waals surface area contributed by atoms with Crippen molar-refractivity contribution < 1.29 is 13.2 Å². The minimum atomic E-state index is -3.56. The van der Waals surface area contributed by atoms with Gasteiger partial charge in [0.25, 0.3) is 0 Å². The van der Waals surface area contributed by atoms with Crippen LogP contribution in [-0.4, -0.2) is 43.1 Å². The van der Waals surface area contributed by atoms with Crippen LogP contribution < -0.4 is 4.74 Å². The number of methoxy groups -OCH3 is 1. The van der Waals surface area contributed by atoms with E-state index in [-0.39, 0.29) is 4.90 Å². The van der Waals surface area contributed by atoms with Crippen LogP contribution in [0.4, 0.5) is 0 Å². The second kappa shape index (κ2) is 7.39. The molecule has 0 bridgehead atoms. The highest BCUT2D eigenvalue weighted by Gasteiger charge is 2.33. The molecule has 1 aliphatic heterocycles. The van der Waals surface area contributed by atoms with E-state index in [9.17, 15) is 8.42 Å². The van der Waals surface area contributed by atoms with Crippen LogP contribution in [0.2, 0.25) is 0 Å². The number of rotatable bonds is 5. The standard InChI is InChI=1S/C17H23N3O3S2/c1-4-16-18-19-17(24-16)13-7-9-20(10-8-13)25(21,22)15-11-12(2)5-6-14(15)23-3/h5-6,11,13H,4,7-10H2,1-3H3. The molecule has 1 aliphatic rings. The normalized spacial score (nSPS) is 16.9. The first-order valence-electron chi connectivity index (χ1n) is 8.42. The zero-order valence-corrected chi connectivity index (χ0v) is 16.4. The lowest BCUT2D eigenvalue weighted by atomic mass is 9.99. The third-order valence-corrected chi connectivity index (χ3v) is 7.67. The van der Waals surface area contributed by atoms with Crippen molar-refractivity contribution in [1.82, 2.24) is 14.5 Å². The molecule has 136 valence electrons. The molecule has 0 saturated carbocycles. The Morgan fingerprint density at radius 2 is 2.00 bits per heavy atom. The summed E-state index contributed by atoms with van der Waals surface area (Å²) >= 11 is 1.64. The van der Waals surface area contributed by atoms with Crippen molar-refractivity contribution in [3.63, 3.8) is 0 Å². The van der Waals surface area contributed by atoms with Gasteiger partial charge < -0.3 is 4.74 Å². The Morgan fingerprint density at radius 1 is 1.28 bits per heavy atom. The molecule has 1 fully saturated rings. The molecule has 8 heteroatoms. The summed E-state index contributed by atoms with van der Waals surface area (Å²) in [6.45, 7) is 4.93. The molecule has 0 atom stereocenters. The third-order valence-electron chi connectivity index (χ3n) is 4.53. The molecule has 3 rings (SSSR count). The molecule has 0 N–H and O–H groups in total. The monoisotopic (exact) mass is 381 g/mol. The van der Waals surface area contributed by atoms with Gasteiger partial charge in [0, 0.05) is 19.0 Å². The van der Waals surface area contributed by atoms with E-state index in [1.54, 1.807) is 27.8 Å². The summed E-state index contributed by atoms with van der Waals surface area (Å²) in [7, 11) is -2.06. The summed E-state index contributed by atoms with van der Waals surface area (Å²) in [6, 6.07) is 5.24. The fourth-order valence-corrected chi connectivity index (χ4v) is 5.70. The minimum absolute atomic E-state index is 0.248. The van der Waals surface area contributed by atoms with Gasteiger partial charge in [0.05, 0.1) is 7.11 Å². The number of aryl methyl sites for hydroxylation is 2. The van der Waals surface area contributed by atoms with Gasteiger partial charge >= 0.3 is 0 Å². The minimum Gasteiger partial charge on any atom is -0.495 e. The van der Waals surface area contributed by atoms with Gasteiger partial charge in [-0.2, -0.15) is 4.31 Å². The second-order valence-electron chi connectivity index (χ2n) is 6.22. The summed E-state index contributed by atoms with van der Waals surface area (Å²) in [6.07, 6.45) is 2.43. The molecule has 2 aromatic rings.